The van der Waals surface area contributed by atoms with Gasteiger partial charge in [-0.3, -0.25) is 0 Å². The number of benzene rings is 3. The van der Waals surface area contributed by atoms with Gasteiger partial charge in [0.05, 0.1) is 6.21 Å². The maximum absolute atomic E-state index is 9.77. The summed E-state index contributed by atoms with van der Waals surface area (Å²) in [6.07, 6.45) is 1.56. The fourth-order valence-electron chi connectivity index (χ4n) is 2.22. The highest BCUT2D eigenvalue weighted by Gasteiger charge is 2.05. The van der Waals surface area contributed by atoms with E-state index in [1.165, 1.54) is 0 Å². The largest absolute Gasteiger partial charge is 0.507 e. The molecule has 0 aliphatic carbocycles. The van der Waals surface area contributed by atoms with E-state index in [1.54, 1.807) is 24.4 Å². The van der Waals surface area contributed by atoms with E-state index in [1.807, 2.05) is 66.7 Å². The molecule has 3 nitrogen and oxygen atoms in total. The molecule has 0 bridgehead atoms. The van der Waals surface area contributed by atoms with E-state index in [4.69, 9.17) is 0 Å². The first-order valence-corrected chi connectivity index (χ1v) is 7.34. The van der Waals surface area contributed by atoms with Crippen LogP contribution in [0.15, 0.2) is 95.1 Å². The van der Waals surface area contributed by atoms with Crippen LogP contribution in [-0.2, 0) is 0 Å². The maximum atomic E-state index is 9.77. The van der Waals surface area contributed by atoms with Crippen molar-refractivity contribution in [2.45, 2.75) is 0 Å². The molecule has 3 aromatic carbocycles. The third kappa shape index (κ3) is 3.71. The summed E-state index contributed by atoms with van der Waals surface area (Å²) >= 11 is 0. The van der Waals surface area contributed by atoms with Crippen molar-refractivity contribution in [2.24, 2.45) is 10.2 Å². The van der Waals surface area contributed by atoms with Gasteiger partial charge in [0.2, 0.25) is 0 Å². The minimum Gasteiger partial charge on any atom is -0.507 e. The highest BCUT2D eigenvalue weighted by atomic mass is 16.3. The fourth-order valence-corrected chi connectivity index (χ4v) is 2.22. The Balaban J connectivity index is 1.97. The van der Waals surface area contributed by atoms with Gasteiger partial charge in [-0.05, 0) is 12.1 Å². The van der Waals surface area contributed by atoms with Crippen molar-refractivity contribution < 1.29 is 5.11 Å². The van der Waals surface area contributed by atoms with E-state index in [2.05, 4.69) is 10.2 Å². The summed E-state index contributed by atoms with van der Waals surface area (Å²) in [6.45, 7) is 0. The van der Waals surface area contributed by atoms with Crippen LogP contribution >= 0.6 is 0 Å². The maximum Gasteiger partial charge on any atom is 0.124 e. The summed E-state index contributed by atoms with van der Waals surface area (Å²) in [7, 11) is 0. The first-order chi connectivity index (χ1) is 11.3. The molecule has 0 atom stereocenters. The second kappa shape index (κ2) is 7.18. The van der Waals surface area contributed by atoms with Gasteiger partial charge in [0.1, 0.15) is 11.5 Å². The topological polar surface area (TPSA) is 45.0 Å². The number of hydrogen-bond acceptors (Lipinski definition) is 3. The SMILES string of the molecule is Oc1ccccc1/C=N\N=C(c1ccccc1)c1ccccc1. The average molecular weight is 300 g/mol. The summed E-state index contributed by atoms with van der Waals surface area (Å²) in [5.41, 5.74) is 3.41. The van der Waals surface area contributed by atoms with Crippen molar-refractivity contribution in [3.8, 4) is 5.75 Å². The van der Waals surface area contributed by atoms with E-state index in [9.17, 15) is 5.11 Å². The van der Waals surface area contributed by atoms with Crippen LogP contribution in [0.1, 0.15) is 16.7 Å². The average Bonchev–Trinajstić information content (AvgIpc) is 2.62. The van der Waals surface area contributed by atoms with Gasteiger partial charge in [0, 0.05) is 16.7 Å². The lowest BCUT2D eigenvalue weighted by Gasteiger charge is -2.05. The Morgan fingerprint density at radius 1 is 0.696 bits per heavy atom. The highest BCUT2D eigenvalue weighted by molar-refractivity contribution is 6.12. The van der Waals surface area contributed by atoms with Crippen molar-refractivity contribution in [3.63, 3.8) is 0 Å². The van der Waals surface area contributed by atoms with E-state index >= 15 is 0 Å². The van der Waals surface area contributed by atoms with Gasteiger partial charge in [-0.25, -0.2) is 0 Å². The number of para-hydroxylation sites is 1. The van der Waals surface area contributed by atoms with E-state index in [-0.39, 0.29) is 5.75 Å². The number of phenolic OH excluding ortho intramolecular Hbond substituents is 1. The number of rotatable bonds is 4. The van der Waals surface area contributed by atoms with Crippen LogP contribution in [0.2, 0.25) is 0 Å². The molecule has 0 radical (unpaired) electrons. The smallest absolute Gasteiger partial charge is 0.124 e. The van der Waals surface area contributed by atoms with Gasteiger partial charge in [-0.1, -0.05) is 72.8 Å². The minimum atomic E-state index is 0.187. The molecule has 0 fully saturated rings. The van der Waals surface area contributed by atoms with Crippen LogP contribution in [0.4, 0.5) is 0 Å². The first kappa shape index (κ1) is 14.7. The number of hydrogen-bond donors (Lipinski definition) is 1. The van der Waals surface area contributed by atoms with Crippen molar-refractivity contribution in [1.82, 2.24) is 0 Å². The molecular weight excluding hydrogens is 284 g/mol. The van der Waals surface area contributed by atoms with E-state index in [0.29, 0.717) is 5.56 Å². The standard InChI is InChI=1S/C20H16N2O/c23-19-14-8-7-13-18(19)15-21-22-20(16-9-3-1-4-10-16)17-11-5-2-6-12-17/h1-15,23H/b21-15-. The zero-order valence-electron chi connectivity index (χ0n) is 12.5. The minimum absolute atomic E-state index is 0.187. The Morgan fingerprint density at radius 2 is 1.22 bits per heavy atom. The lowest BCUT2D eigenvalue weighted by Crippen LogP contribution is -2.02. The van der Waals surface area contributed by atoms with Crippen LogP contribution < -0.4 is 0 Å². The van der Waals surface area contributed by atoms with Gasteiger partial charge in [0.25, 0.3) is 0 Å². The molecule has 0 unspecified atom stereocenters. The van der Waals surface area contributed by atoms with Crippen molar-refractivity contribution in [3.05, 3.63) is 102 Å². The van der Waals surface area contributed by atoms with Crippen LogP contribution in [0.25, 0.3) is 0 Å². The molecule has 112 valence electrons. The molecule has 0 aliphatic heterocycles. The summed E-state index contributed by atoms with van der Waals surface area (Å²) in [5.74, 6) is 0.187. The second-order valence-electron chi connectivity index (χ2n) is 4.98. The quantitative estimate of drug-likeness (QED) is 0.568. The van der Waals surface area contributed by atoms with Gasteiger partial charge in [0.15, 0.2) is 0 Å². The second-order valence-corrected chi connectivity index (χ2v) is 4.98. The molecule has 0 saturated heterocycles. The van der Waals surface area contributed by atoms with Crippen LogP contribution in [-0.4, -0.2) is 17.0 Å². The zero-order chi connectivity index (χ0) is 15.9. The van der Waals surface area contributed by atoms with Gasteiger partial charge < -0.3 is 5.11 Å². The predicted octanol–water partition coefficient (Wildman–Crippen LogP) is 4.26. The van der Waals surface area contributed by atoms with Crippen LogP contribution in [0.3, 0.4) is 0 Å². The Hall–Kier alpha value is -3.20. The van der Waals surface area contributed by atoms with Crippen molar-refractivity contribution in [1.29, 1.82) is 0 Å². The number of aromatic hydroxyl groups is 1. The normalized spacial score (nSPS) is 10.6. The van der Waals surface area contributed by atoms with Crippen molar-refractivity contribution >= 4 is 11.9 Å². The molecular formula is C20H16N2O. The van der Waals surface area contributed by atoms with Crippen molar-refractivity contribution in [2.75, 3.05) is 0 Å². The van der Waals surface area contributed by atoms with Gasteiger partial charge in [-0.2, -0.15) is 5.10 Å². The molecule has 0 aliphatic rings. The van der Waals surface area contributed by atoms with Gasteiger partial charge >= 0.3 is 0 Å². The van der Waals surface area contributed by atoms with Crippen LogP contribution in [0, 0.1) is 0 Å². The molecule has 1 N–H and O–H groups in total. The summed E-state index contributed by atoms with van der Waals surface area (Å²) < 4.78 is 0. The summed E-state index contributed by atoms with van der Waals surface area (Å²) in [4.78, 5) is 0. The molecule has 0 saturated carbocycles. The molecule has 23 heavy (non-hydrogen) atoms. The summed E-state index contributed by atoms with van der Waals surface area (Å²) in [6, 6.07) is 26.9. The molecule has 0 spiro atoms. The Labute approximate surface area is 135 Å². The van der Waals surface area contributed by atoms with E-state index in [0.717, 1.165) is 16.8 Å². The van der Waals surface area contributed by atoms with Gasteiger partial charge in [-0.15, -0.1) is 5.10 Å². The third-order valence-corrected chi connectivity index (χ3v) is 3.39. The van der Waals surface area contributed by atoms with Crippen LogP contribution in [0.5, 0.6) is 5.75 Å². The number of phenols is 1. The molecule has 0 heterocycles. The lowest BCUT2D eigenvalue weighted by atomic mass is 10.0. The van der Waals surface area contributed by atoms with E-state index < -0.39 is 0 Å². The Morgan fingerprint density at radius 3 is 1.78 bits per heavy atom. The molecule has 3 rings (SSSR count). The predicted molar refractivity (Wildman–Crippen MR) is 94.2 cm³/mol. The highest BCUT2D eigenvalue weighted by Crippen LogP contribution is 2.14. The monoisotopic (exact) mass is 300 g/mol. The number of nitrogens with zero attached hydrogens (tertiary/aromatic N) is 2. The zero-order valence-corrected chi connectivity index (χ0v) is 12.5. The molecule has 0 amide bonds. The lowest BCUT2D eigenvalue weighted by molar-refractivity contribution is 0.474. The summed E-state index contributed by atoms with van der Waals surface area (Å²) in [5, 5.41) is 18.3. The third-order valence-electron chi connectivity index (χ3n) is 3.39. The Bertz CT molecular complexity index is 783. The molecule has 3 aromatic rings. The Kier molecular flexibility index (Phi) is 4.60. The molecule has 3 heteroatoms. The fraction of sp³-hybridized carbons (Fsp3) is 0. The molecule has 0 aromatic heterocycles. The first-order valence-electron chi connectivity index (χ1n) is 7.34.